The third-order valence-corrected chi connectivity index (χ3v) is 5.10. The highest BCUT2D eigenvalue weighted by Crippen LogP contribution is 2.24. The van der Waals surface area contributed by atoms with Gasteiger partial charge in [-0.15, -0.1) is 11.3 Å². The van der Waals surface area contributed by atoms with Crippen LogP contribution < -0.4 is 5.32 Å². The number of anilines is 1. The first-order chi connectivity index (χ1) is 12.0. The van der Waals surface area contributed by atoms with Gasteiger partial charge >= 0.3 is 0 Å². The molecule has 0 fully saturated rings. The molecule has 1 amide bonds. The standard InChI is InChI=1S/C21H22N2OS/c1-4-16-6-8-17(9-7-16)21-22-18(13-25-21)12-20(24)23-19-10-5-14(2)11-15(19)3/h5-11,13H,4,12H2,1-3H3,(H,23,24). The van der Waals surface area contributed by atoms with Crippen LogP contribution in [-0.2, 0) is 17.6 Å². The van der Waals surface area contributed by atoms with Crippen molar-refractivity contribution < 1.29 is 4.79 Å². The lowest BCUT2D eigenvalue weighted by molar-refractivity contribution is -0.115. The van der Waals surface area contributed by atoms with E-state index in [0.29, 0.717) is 0 Å². The minimum atomic E-state index is -0.0369. The van der Waals surface area contributed by atoms with Crippen LogP contribution in [0.3, 0.4) is 0 Å². The van der Waals surface area contributed by atoms with Crippen molar-refractivity contribution in [3.63, 3.8) is 0 Å². The van der Waals surface area contributed by atoms with Gasteiger partial charge in [0.15, 0.2) is 0 Å². The van der Waals surface area contributed by atoms with Crippen LogP contribution in [0.5, 0.6) is 0 Å². The summed E-state index contributed by atoms with van der Waals surface area (Å²) in [5.41, 5.74) is 6.34. The molecule has 0 bridgehead atoms. The highest BCUT2D eigenvalue weighted by Gasteiger charge is 2.10. The third kappa shape index (κ3) is 4.34. The molecule has 4 heteroatoms. The average Bonchev–Trinajstić information content (AvgIpc) is 3.06. The zero-order chi connectivity index (χ0) is 17.8. The summed E-state index contributed by atoms with van der Waals surface area (Å²) in [4.78, 5) is 16.9. The molecule has 0 radical (unpaired) electrons. The summed E-state index contributed by atoms with van der Waals surface area (Å²) >= 11 is 1.58. The summed E-state index contributed by atoms with van der Waals surface area (Å²) in [6.07, 6.45) is 1.32. The first kappa shape index (κ1) is 17.4. The number of hydrogen-bond donors (Lipinski definition) is 1. The van der Waals surface area contributed by atoms with E-state index in [4.69, 9.17) is 0 Å². The van der Waals surface area contributed by atoms with Gasteiger partial charge in [0, 0.05) is 16.6 Å². The van der Waals surface area contributed by atoms with Gasteiger partial charge in [-0.2, -0.15) is 0 Å². The molecule has 3 aromatic rings. The predicted molar refractivity (Wildman–Crippen MR) is 105 cm³/mol. The molecule has 0 spiro atoms. The Kier molecular flexibility index (Phi) is 5.29. The molecule has 0 aliphatic carbocycles. The van der Waals surface area contributed by atoms with Gasteiger partial charge in [0.1, 0.15) is 5.01 Å². The Labute approximate surface area is 152 Å². The van der Waals surface area contributed by atoms with Gasteiger partial charge in [-0.3, -0.25) is 4.79 Å². The van der Waals surface area contributed by atoms with E-state index in [2.05, 4.69) is 47.6 Å². The lowest BCUT2D eigenvalue weighted by atomic mass is 10.1. The number of amides is 1. The van der Waals surface area contributed by atoms with E-state index >= 15 is 0 Å². The van der Waals surface area contributed by atoms with Crippen molar-refractivity contribution in [2.24, 2.45) is 0 Å². The van der Waals surface area contributed by atoms with Crippen molar-refractivity contribution in [1.29, 1.82) is 0 Å². The second-order valence-corrected chi connectivity index (χ2v) is 7.10. The van der Waals surface area contributed by atoms with E-state index in [1.54, 1.807) is 11.3 Å². The van der Waals surface area contributed by atoms with Crippen LogP contribution in [0.2, 0.25) is 0 Å². The number of carbonyl (C=O) groups is 1. The molecular formula is C21H22N2OS. The first-order valence-corrected chi connectivity index (χ1v) is 9.34. The second kappa shape index (κ2) is 7.62. The van der Waals surface area contributed by atoms with Crippen LogP contribution in [0, 0.1) is 13.8 Å². The molecule has 3 nitrogen and oxygen atoms in total. The fourth-order valence-corrected chi connectivity index (χ4v) is 3.54. The lowest BCUT2D eigenvalue weighted by Crippen LogP contribution is -2.15. The van der Waals surface area contributed by atoms with Gasteiger partial charge in [0.2, 0.25) is 5.91 Å². The molecule has 128 valence electrons. The minimum Gasteiger partial charge on any atom is -0.326 e. The molecule has 3 rings (SSSR count). The van der Waals surface area contributed by atoms with Gasteiger partial charge in [0.05, 0.1) is 12.1 Å². The number of nitrogens with zero attached hydrogens (tertiary/aromatic N) is 1. The molecule has 25 heavy (non-hydrogen) atoms. The number of carbonyl (C=O) groups excluding carboxylic acids is 1. The molecule has 2 aromatic carbocycles. The molecule has 1 aromatic heterocycles. The average molecular weight is 350 g/mol. The highest BCUT2D eigenvalue weighted by atomic mass is 32.1. The highest BCUT2D eigenvalue weighted by molar-refractivity contribution is 7.13. The molecule has 0 saturated carbocycles. The first-order valence-electron chi connectivity index (χ1n) is 8.46. The third-order valence-electron chi connectivity index (χ3n) is 4.16. The van der Waals surface area contributed by atoms with Gasteiger partial charge < -0.3 is 5.32 Å². The Morgan fingerprint density at radius 3 is 2.56 bits per heavy atom. The van der Waals surface area contributed by atoms with Gasteiger partial charge in [0.25, 0.3) is 0 Å². The molecule has 1 N–H and O–H groups in total. The molecule has 0 unspecified atom stereocenters. The van der Waals surface area contributed by atoms with Crippen LogP contribution in [0.15, 0.2) is 47.8 Å². The molecule has 0 saturated heterocycles. The maximum atomic E-state index is 12.3. The zero-order valence-corrected chi connectivity index (χ0v) is 15.6. The molecule has 0 aliphatic heterocycles. The van der Waals surface area contributed by atoms with Gasteiger partial charge in [-0.05, 0) is 37.5 Å². The Morgan fingerprint density at radius 1 is 1.12 bits per heavy atom. The Balaban J connectivity index is 1.67. The maximum absolute atomic E-state index is 12.3. The van der Waals surface area contributed by atoms with E-state index in [0.717, 1.165) is 33.9 Å². The number of benzene rings is 2. The van der Waals surface area contributed by atoms with E-state index in [1.165, 1.54) is 11.1 Å². The number of aryl methyl sites for hydroxylation is 3. The quantitative estimate of drug-likeness (QED) is 0.690. The monoisotopic (exact) mass is 350 g/mol. The second-order valence-electron chi connectivity index (χ2n) is 6.24. The topological polar surface area (TPSA) is 42.0 Å². The summed E-state index contributed by atoms with van der Waals surface area (Å²) in [5, 5.41) is 5.89. The van der Waals surface area contributed by atoms with E-state index < -0.39 is 0 Å². The van der Waals surface area contributed by atoms with Crippen molar-refractivity contribution in [3.05, 3.63) is 70.2 Å². The number of nitrogens with one attached hydrogen (secondary N) is 1. The van der Waals surface area contributed by atoms with Crippen molar-refractivity contribution in [2.45, 2.75) is 33.6 Å². The summed E-state index contributed by atoms with van der Waals surface area (Å²) < 4.78 is 0. The zero-order valence-electron chi connectivity index (χ0n) is 14.8. The summed E-state index contributed by atoms with van der Waals surface area (Å²) in [6, 6.07) is 14.5. The Bertz CT molecular complexity index is 881. The molecule has 0 aliphatic rings. The number of rotatable bonds is 5. The number of aromatic nitrogens is 1. The van der Waals surface area contributed by atoms with E-state index in [-0.39, 0.29) is 12.3 Å². The van der Waals surface area contributed by atoms with Crippen LogP contribution in [-0.4, -0.2) is 10.9 Å². The van der Waals surface area contributed by atoms with Crippen molar-refractivity contribution in [2.75, 3.05) is 5.32 Å². The van der Waals surface area contributed by atoms with Crippen molar-refractivity contribution in [3.8, 4) is 10.6 Å². The SMILES string of the molecule is CCc1ccc(-c2nc(CC(=O)Nc3ccc(C)cc3C)cs2)cc1. The summed E-state index contributed by atoms with van der Waals surface area (Å²) in [6.45, 7) is 6.19. The van der Waals surface area contributed by atoms with Crippen molar-refractivity contribution in [1.82, 2.24) is 4.98 Å². The fraction of sp³-hybridized carbons (Fsp3) is 0.238. The van der Waals surface area contributed by atoms with Gasteiger partial charge in [-0.25, -0.2) is 4.98 Å². The normalized spacial score (nSPS) is 10.7. The predicted octanol–water partition coefficient (Wildman–Crippen LogP) is 5.17. The Morgan fingerprint density at radius 2 is 1.88 bits per heavy atom. The Hall–Kier alpha value is -2.46. The van der Waals surface area contributed by atoms with Crippen LogP contribution in [0.25, 0.3) is 10.6 Å². The number of thiazole rings is 1. The number of hydrogen-bond acceptors (Lipinski definition) is 3. The van der Waals surface area contributed by atoms with E-state index in [1.807, 2.05) is 31.4 Å². The smallest absolute Gasteiger partial charge is 0.230 e. The largest absolute Gasteiger partial charge is 0.326 e. The lowest BCUT2D eigenvalue weighted by Gasteiger charge is -2.08. The molecule has 1 heterocycles. The van der Waals surface area contributed by atoms with Crippen LogP contribution >= 0.6 is 11.3 Å². The van der Waals surface area contributed by atoms with Gasteiger partial charge in [-0.1, -0.05) is 48.9 Å². The fourth-order valence-electron chi connectivity index (χ4n) is 2.72. The van der Waals surface area contributed by atoms with Crippen LogP contribution in [0.4, 0.5) is 5.69 Å². The maximum Gasteiger partial charge on any atom is 0.230 e. The van der Waals surface area contributed by atoms with E-state index in [9.17, 15) is 4.79 Å². The summed E-state index contributed by atoms with van der Waals surface area (Å²) in [5.74, 6) is -0.0369. The van der Waals surface area contributed by atoms with Crippen molar-refractivity contribution >= 4 is 22.9 Å². The summed E-state index contributed by atoms with van der Waals surface area (Å²) in [7, 11) is 0. The minimum absolute atomic E-state index is 0.0369. The molecular weight excluding hydrogens is 328 g/mol. The molecule has 0 atom stereocenters. The van der Waals surface area contributed by atoms with Crippen LogP contribution in [0.1, 0.15) is 29.3 Å².